The normalized spacial score (nSPS) is 11.7. The van der Waals surface area contributed by atoms with Crippen LogP contribution in [0.3, 0.4) is 0 Å². The molecule has 0 aliphatic rings. The highest BCUT2D eigenvalue weighted by molar-refractivity contribution is 5.44. The van der Waals surface area contributed by atoms with Crippen molar-refractivity contribution in [3.8, 4) is 0 Å². The largest absolute Gasteiger partial charge is 0.253 e. The van der Waals surface area contributed by atoms with E-state index in [1.807, 2.05) is 32.1 Å². The molecule has 4 heteroatoms. The summed E-state index contributed by atoms with van der Waals surface area (Å²) >= 11 is 0. The van der Waals surface area contributed by atoms with Gasteiger partial charge in [-0.15, -0.1) is 5.10 Å². The second-order valence-corrected chi connectivity index (χ2v) is 3.53. The number of aromatic nitrogens is 4. The van der Waals surface area contributed by atoms with E-state index in [1.165, 1.54) is 0 Å². The van der Waals surface area contributed by atoms with Crippen LogP contribution in [0.2, 0.25) is 0 Å². The Hall–Kier alpha value is -1.71. The molecule has 2 rings (SSSR count). The lowest BCUT2D eigenvalue weighted by Crippen LogP contribution is -1.97. The van der Waals surface area contributed by atoms with Gasteiger partial charge in [0.1, 0.15) is 0 Å². The molecule has 4 nitrogen and oxygen atoms in total. The highest BCUT2D eigenvalue weighted by atomic mass is 15.3. The topological polar surface area (TPSA) is 43.1 Å². The van der Waals surface area contributed by atoms with E-state index in [9.17, 15) is 0 Å². The van der Waals surface area contributed by atoms with Crippen LogP contribution in [-0.4, -0.2) is 19.6 Å². The minimum absolute atomic E-state index is 0.670. The van der Waals surface area contributed by atoms with E-state index >= 15 is 0 Å². The van der Waals surface area contributed by atoms with Crippen molar-refractivity contribution in [2.75, 3.05) is 0 Å². The molecule has 2 heterocycles. The Morgan fingerprint density at radius 3 is 2.87 bits per heavy atom. The van der Waals surface area contributed by atoms with Crippen molar-refractivity contribution in [1.29, 1.82) is 0 Å². The Morgan fingerprint density at radius 1 is 1.33 bits per heavy atom. The Morgan fingerprint density at radius 2 is 2.13 bits per heavy atom. The first kappa shape index (κ1) is 9.83. The number of allylic oxidation sites excluding steroid dienone is 1. The summed E-state index contributed by atoms with van der Waals surface area (Å²) in [6, 6.07) is 2.00. The fraction of sp³-hybridized carbons (Fsp3) is 0.364. The van der Waals surface area contributed by atoms with Gasteiger partial charge in [-0.25, -0.2) is 9.50 Å². The molecule has 0 unspecified atom stereocenters. The maximum atomic E-state index is 4.35. The third-order valence-electron chi connectivity index (χ3n) is 2.14. The van der Waals surface area contributed by atoms with E-state index in [1.54, 1.807) is 4.52 Å². The standard InChI is InChI=1S/C11H14N4/c1-4-5-6-10-13-11-12-8(2)7-9(3)15(11)14-10/h5-7H,4H2,1-3H3/b6-5+. The zero-order valence-corrected chi connectivity index (χ0v) is 9.23. The molecule has 0 amide bonds. The third kappa shape index (κ3) is 1.88. The Balaban J connectivity index is 2.55. The summed E-state index contributed by atoms with van der Waals surface area (Å²) in [5.74, 6) is 1.39. The molecule has 0 aromatic carbocycles. The van der Waals surface area contributed by atoms with Gasteiger partial charge >= 0.3 is 0 Å². The second-order valence-electron chi connectivity index (χ2n) is 3.53. The van der Waals surface area contributed by atoms with Crippen LogP contribution < -0.4 is 0 Å². The summed E-state index contributed by atoms with van der Waals surface area (Å²) in [4.78, 5) is 8.65. The van der Waals surface area contributed by atoms with Crippen LogP contribution in [0.15, 0.2) is 12.1 Å². The van der Waals surface area contributed by atoms with E-state index < -0.39 is 0 Å². The van der Waals surface area contributed by atoms with Crippen molar-refractivity contribution in [1.82, 2.24) is 19.6 Å². The van der Waals surface area contributed by atoms with Gasteiger partial charge < -0.3 is 0 Å². The molecule has 0 saturated carbocycles. The molecule has 0 N–H and O–H groups in total. The Kier molecular flexibility index (Phi) is 2.49. The summed E-state index contributed by atoms with van der Waals surface area (Å²) in [6.07, 6.45) is 4.95. The molecule has 2 aromatic rings. The lowest BCUT2D eigenvalue weighted by atomic mass is 10.4. The van der Waals surface area contributed by atoms with Crippen LogP contribution in [0, 0.1) is 13.8 Å². The van der Waals surface area contributed by atoms with Crippen LogP contribution >= 0.6 is 0 Å². The molecule has 0 aliphatic carbocycles. The SMILES string of the molecule is CC/C=C/c1nc2nc(C)cc(C)n2n1. The molecular weight excluding hydrogens is 188 g/mol. The first-order valence-corrected chi connectivity index (χ1v) is 5.08. The van der Waals surface area contributed by atoms with E-state index in [4.69, 9.17) is 0 Å². The van der Waals surface area contributed by atoms with Crippen molar-refractivity contribution >= 4 is 11.9 Å². The average molecular weight is 202 g/mol. The summed E-state index contributed by atoms with van der Waals surface area (Å²) in [5, 5.41) is 4.35. The quantitative estimate of drug-likeness (QED) is 0.749. The molecule has 0 atom stereocenters. The molecular formula is C11H14N4. The van der Waals surface area contributed by atoms with Crippen molar-refractivity contribution in [2.24, 2.45) is 0 Å². The molecule has 0 saturated heterocycles. The van der Waals surface area contributed by atoms with Crippen LogP contribution in [-0.2, 0) is 0 Å². The van der Waals surface area contributed by atoms with Gasteiger partial charge in [0, 0.05) is 11.4 Å². The van der Waals surface area contributed by atoms with Crippen molar-refractivity contribution in [3.63, 3.8) is 0 Å². The first-order chi connectivity index (χ1) is 7.20. The molecule has 0 spiro atoms. The van der Waals surface area contributed by atoms with Gasteiger partial charge in [-0.05, 0) is 32.4 Å². The third-order valence-corrected chi connectivity index (χ3v) is 2.14. The minimum Gasteiger partial charge on any atom is -0.216 e. The minimum atomic E-state index is 0.670. The van der Waals surface area contributed by atoms with Crippen LogP contribution in [0.25, 0.3) is 11.9 Å². The van der Waals surface area contributed by atoms with Gasteiger partial charge in [0.25, 0.3) is 5.78 Å². The van der Waals surface area contributed by atoms with Gasteiger partial charge in [-0.3, -0.25) is 0 Å². The van der Waals surface area contributed by atoms with Gasteiger partial charge in [-0.1, -0.05) is 13.0 Å². The van der Waals surface area contributed by atoms with Crippen molar-refractivity contribution in [3.05, 3.63) is 29.4 Å². The molecule has 78 valence electrons. The number of fused-ring (bicyclic) bond motifs is 1. The van der Waals surface area contributed by atoms with Crippen molar-refractivity contribution in [2.45, 2.75) is 27.2 Å². The molecule has 2 aromatic heterocycles. The van der Waals surface area contributed by atoms with E-state index in [0.717, 1.165) is 23.6 Å². The zero-order chi connectivity index (χ0) is 10.8. The Bertz CT molecular complexity index is 511. The lowest BCUT2D eigenvalue weighted by Gasteiger charge is -1.97. The molecule has 0 radical (unpaired) electrons. The number of hydrogen-bond donors (Lipinski definition) is 0. The second kappa shape index (κ2) is 3.81. The maximum Gasteiger partial charge on any atom is 0.253 e. The average Bonchev–Trinajstić information content (AvgIpc) is 2.57. The van der Waals surface area contributed by atoms with Gasteiger partial charge in [0.05, 0.1) is 0 Å². The van der Waals surface area contributed by atoms with E-state index in [2.05, 4.69) is 22.0 Å². The van der Waals surface area contributed by atoms with E-state index in [0.29, 0.717) is 5.78 Å². The summed E-state index contributed by atoms with van der Waals surface area (Å²) in [5.41, 5.74) is 2.03. The zero-order valence-electron chi connectivity index (χ0n) is 9.23. The monoisotopic (exact) mass is 202 g/mol. The fourth-order valence-corrected chi connectivity index (χ4v) is 1.48. The maximum absolute atomic E-state index is 4.35. The number of nitrogens with zero attached hydrogens (tertiary/aromatic N) is 4. The fourth-order valence-electron chi connectivity index (χ4n) is 1.48. The summed E-state index contributed by atoms with van der Waals surface area (Å²) < 4.78 is 1.77. The smallest absolute Gasteiger partial charge is 0.216 e. The highest BCUT2D eigenvalue weighted by Gasteiger charge is 2.04. The Labute approximate surface area is 88.7 Å². The molecule has 15 heavy (non-hydrogen) atoms. The first-order valence-electron chi connectivity index (χ1n) is 5.08. The van der Waals surface area contributed by atoms with Crippen LogP contribution in [0.5, 0.6) is 0 Å². The summed E-state index contributed by atoms with van der Waals surface area (Å²) in [6.45, 7) is 6.05. The summed E-state index contributed by atoms with van der Waals surface area (Å²) in [7, 11) is 0. The molecule has 0 bridgehead atoms. The van der Waals surface area contributed by atoms with Gasteiger partial charge in [0.15, 0.2) is 5.82 Å². The predicted octanol–water partition coefficient (Wildman–Crippen LogP) is 2.16. The number of rotatable bonds is 2. The van der Waals surface area contributed by atoms with Gasteiger partial charge in [-0.2, -0.15) is 4.98 Å². The molecule has 0 aliphatic heterocycles. The van der Waals surface area contributed by atoms with E-state index in [-0.39, 0.29) is 0 Å². The van der Waals surface area contributed by atoms with Crippen molar-refractivity contribution < 1.29 is 0 Å². The van der Waals surface area contributed by atoms with Crippen LogP contribution in [0.4, 0.5) is 0 Å². The number of hydrogen-bond acceptors (Lipinski definition) is 3. The highest BCUT2D eigenvalue weighted by Crippen LogP contribution is 2.06. The predicted molar refractivity (Wildman–Crippen MR) is 59.6 cm³/mol. The lowest BCUT2D eigenvalue weighted by molar-refractivity contribution is 0.881. The molecule has 0 fully saturated rings. The van der Waals surface area contributed by atoms with Gasteiger partial charge in [0.2, 0.25) is 0 Å². The number of aryl methyl sites for hydroxylation is 2. The van der Waals surface area contributed by atoms with Crippen LogP contribution in [0.1, 0.15) is 30.6 Å².